The van der Waals surface area contributed by atoms with Gasteiger partial charge in [-0.05, 0) is 63.3 Å². The molecule has 0 saturated carbocycles. The number of esters is 1. The maximum absolute atomic E-state index is 12.0. The van der Waals surface area contributed by atoms with Gasteiger partial charge in [0.05, 0.1) is 42.9 Å². The summed E-state index contributed by atoms with van der Waals surface area (Å²) in [6.45, 7) is 11.9. The predicted octanol–water partition coefficient (Wildman–Crippen LogP) is 3.79. The van der Waals surface area contributed by atoms with Crippen molar-refractivity contribution in [3.8, 4) is 5.75 Å². The normalized spacial score (nSPS) is 20.2. The highest BCUT2D eigenvalue weighted by Gasteiger charge is 2.51. The third-order valence-electron chi connectivity index (χ3n) is 6.89. The zero-order valence-corrected chi connectivity index (χ0v) is 20.2. The lowest BCUT2D eigenvalue weighted by molar-refractivity contribution is -0.151. The van der Waals surface area contributed by atoms with Crippen LogP contribution in [0.2, 0.25) is 0 Å². The molecular weight excluding hydrogens is 419 g/mol. The van der Waals surface area contributed by atoms with Gasteiger partial charge >= 0.3 is 13.1 Å². The summed E-state index contributed by atoms with van der Waals surface area (Å²) in [5.74, 6) is 0.578. The van der Waals surface area contributed by atoms with Crippen LogP contribution in [0.5, 0.6) is 5.75 Å². The molecule has 0 aromatic heterocycles. The van der Waals surface area contributed by atoms with E-state index in [0.717, 1.165) is 22.3 Å². The SMILES string of the molecule is CCOC(=O)CC1(c2ccc(OCc3cccc(B4OC(C)(C)C(C)(C)O4)c3)cc2)COC1. The van der Waals surface area contributed by atoms with Crippen molar-refractivity contribution in [1.82, 2.24) is 0 Å². The van der Waals surface area contributed by atoms with E-state index < -0.39 is 7.12 Å². The Balaban J connectivity index is 1.38. The first kappa shape index (κ1) is 23.8. The number of hydrogen-bond acceptors (Lipinski definition) is 6. The van der Waals surface area contributed by atoms with Crippen molar-refractivity contribution < 1.29 is 28.3 Å². The van der Waals surface area contributed by atoms with Crippen LogP contribution >= 0.6 is 0 Å². The molecule has 0 N–H and O–H groups in total. The molecule has 0 amide bonds. The molecule has 2 aliphatic rings. The van der Waals surface area contributed by atoms with E-state index in [9.17, 15) is 4.79 Å². The smallest absolute Gasteiger partial charge is 0.489 e. The highest BCUT2D eigenvalue weighted by atomic mass is 16.7. The topological polar surface area (TPSA) is 63.2 Å². The Morgan fingerprint density at radius 2 is 1.67 bits per heavy atom. The summed E-state index contributed by atoms with van der Waals surface area (Å²) in [6.07, 6.45) is 0.326. The molecule has 176 valence electrons. The van der Waals surface area contributed by atoms with Gasteiger partial charge in [0.15, 0.2) is 0 Å². The third-order valence-corrected chi connectivity index (χ3v) is 6.89. The molecule has 0 bridgehead atoms. The fourth-order valence-electron chi connectivity index (χ4n) is 4.09. The minimum Gasteiger partial charge on any atom is -0.489 e. The summed E-state index contributed by atoms with van der Waals surface area (Å²) in [7, 11) is -0.394. The van der Waals surface area contributed by atoms with Crippen LogP contribution in [0, 0.1) is 0 Å². The van der Waals surface area contributed by atoms with Crippen molar-refractivity contribution in [2.45, 2.75) is 64.3 Å². The summed E-state index contributed by atoms with van der Waals surface area (Å²) >= 11 is 0. The molecule has 0 atom stereocenters. The molecule has 0 spiro atoms. The second kappa shape index (κ2) is 9.13. The fourth-order valence-corrected chi connectivity index (χ4v) is 4.09. The number of rotatable bonds is 8. The van der Waals surface area contributed by atoms with Crippen LogP contribution in [-0.2, 0) is 35.6 Å². The molecule has 2 aromatic carbocycles. The van der Waals surface area contributed by atoms with E-state index in [2.05, 4.69) is 33.8 Å². The lowest BCUT2D eigenvalue weighted by Crippen LogP contribution is -2.48. The summed E-state index contributed by atoms with van der Waals surface area (Å²) in [5, 5.41) is 0. The molecule has 33 heavy (non-hydrogen) atoms. The fraction of sp³-hybridized carbons (Fsp3) is 0.500. The van der Waals surface area contributed by atoms with Crippen LogP contribution in [0.4, 0.5) is 0 Å². The molecule has 6 nitrogen and oxygen atoms in total. The van der Waals surface area contributed by atoms with Crippen molar-refractivity contribution in [1.29, 1.82) is 0 Å². The Hall–Kier alpha value is -2.35. The van der Waals surface area contributed by atoms with E-state index in [-0.39, 0.29) is 22.6 Å². The minimum absolute atomic E-state index is 0.192. The van der Waals surface area contributed by atoms with Gasteiger partial charge in [-0.2, -0.15) is 0 Å². The first-order valence-electron chi connectivity index (χ1n) is 11.6. The molecule has 7 heteroatoms. The summed E-state index contributed by atoms with van der Waals surface area (Å²) in [5.41, 5.74) is 2.04. The van der Waals surface area contributed by atoms with E-state index in [4.69, 9.17) is 23.5 Å². The van der Waals surface area contributed by atoms with E-state index in [1.165, 1.54) is 0 Å². The van der Waals surface area contributed by atoms with E-state index in [1.54, 1.807) is 0 Å². The molecule has 2 aromatic rings. The first-order valence-corrected chi connectivity index (χ1v) is 11.6. The number of benzene rings is 2. The quantitative estimate of drug-likeness (QED) is 0.449. The molecule has 2 fully saturated rings. The molecule has 4 rings (SSSR count). The Bertz CT molecular complexity index is 965. The van der Waals surface area contributed by atoms with Gasteiger partial charge in [0.25, 0.3) is 0 Å². The zero-order valence-electron chi connectivity index (χ0n) is 20.2. The maximum atomic E-state index is 12.0. The maximum Gasteiger partial charge on any atom is 0.494 e. The highest BCUT2D eigenvalue weighted by molar-refractivity contribution is 6.62. The Morgan fingerprint density at radius 3 is 2.24 bits per heavy atom. The van der Waals surface area contributed by atoms with Crippen LogP contribution in [0.3, 0.4) is 0 Å². The second-order valence-electron chi connectivity index (χ2n) is 9.90. The highest BCUT2D eigenvalue weighted by Crippen LogP contribution is 2.38. The summed E-state index contributed by atoms with van der Waals surface area (Å²) in [4.78, 5) is 12.0. The lowest BCUT2D eigenvalue weighted by atomic mass is 9.76. The third kappa shape index (κ3) is 4.95. The second-order valence-corrected chi connectivity index (χ2v) is 9.90. The van der Waals surface area contributed by atoms with Crippen LogP contribution < -0.4 is 10.2 Å². The number of carbonyl (C=O) groups excluding carboxylic acids is 1. The van der Waals surface area contributed by atoms with Gasteiger partial charge in [0.1, 0.15) is 12.4 Å². The van der Waals surface area contributed by atoms with Gasteiger partial charge in [-0.15, -0.1) is 0 Å². The van der Waals surface area contributed by atoms with E-state index in [0.29, 0.717) is 32.8 Å². The van der Waals surface area contributed by atoms with Crippen molar-refractivity contribution >= 4 is 18.6 Å². The van der Waals surface area contributed by atoms with E-state index in [1.807, 2.05) is 49.4 Å². The van der Waals surface area contributed by atoms with E-state index >= 15 is 0 Å². The Kier molecular flexibility index (Phi) is 6.58. The van der Waals surface area contributed by atoms with Gasteiger partial charge in [0, 0.05) is 0 Å². The van der Waals surface area contributed by atoms with Crippen LogP contribution in [-0.4, -0.2) is 44.1 Å². The van der Waals surface area contributed by atoms with Gasteiger partial charge in [-0.3, -0.25) is 4.79 Å². The van der Waals surface area contributed by atoms with Crippen molar-refractivity contribution in [3.05, 3.63) is 59.7 Å². The molecular formula is C26H33BO6. The monoisotopic (exact) mass is 452 g/mol. The van der Waals surface area contributed by atoms with Crippen LogP contribution in [0.1, 0.15) is 52.2 Å². The molecule has 0 unspecified atom stereocenters. The van der Waals surface area contributed by atoms with Crippen molar-refractivity contribution in [2.24, 2.45) is 0 Å². The summed E-state index contributed by atoms with van der Waals surface area (Å²) < 4.78 is 28.9. The molecule has 0 radical (unpaired) electrons. The Morgan fingerprint density at radius 1 is 1.00 bits per heavy atom. The predicted molar refractivity (Wildman–Crippen MR) is 127 cm³/mol. The number of carbonyl (C=O) groups is 1. The zero-order chi connectivity index (χ0) is 23.7. The van der Waals surface area contributed by atoms with Gasteiger partial charge in [0.2, 0.25) is 0 Å². The Labute approximate surface area is 196 Å². The molecule has 0 aliphatic carbocycles. The van der Waals surface area contributed by atoms with Crippen LogP contribution in [0.25, 0.3) is 0 Å². The molecule has 2 heterocycles. The average Bonchev–Trinajstić information content (AvgIpc) is 2.97. The minimum atomic E-state index is -0.394. The largest absolute Gasteiger partial charge is 0.494 e. The van der Waals surface area contributed by atoms with Gasteiger partial charge in [-0.1, -0.05) is 36.4 Å². The van der Waals surface area contributed by atoms with Crippen LogP contribution in [0.15, 0.2) is 48.5 Å². The molecule has 2 aliphatic heterocycles. The first-order chi connectivity index (χ1) is 15.6. The number of ether oxygens (including phenoxy) is 3. The van der Waals surface area contributed by atoms with Crippen molar-refractivity contribution in [2.75, 3.05) is 19.8 Å². The summed E-state index contributed by atoms with van der Waals surface area (Å²) in [6, 6.07) is 16.0. The molecule has 2 saturated heterocycles. The number of hydrogen-bond donors (Lipinski definition) is 0. The van der Waals surface area contributed by atoms with Gasteiger partial charge < -0.3 is 23.5 Å². The standard InChI is InChI=1S/C26H33BO6/c1-6-30-23(28)15-26(17-29-18-26)20-10-12-22(13-11-20)31-16-19-8-7-9-21(14-19)27-32-24(2,3)25(4,5)33-27/h7-14H,6,15-18H2,1-5H3. The van der Waals surface area contributed by atoms with Gasteiger partial charge in [-0.25, -0.2) is 0 Å². The van der Waals surface area contributed by atoms with Crippen molar-refractivity contribution in [3.63, 3.8) is 0 Å². The lowest BCUT2D eigenvalue weighted by Gasteiger charge is -2.41. The average molecular weight is 452 g/mol.